The quantitative estimate of drug-likeness (QED) is 0.866. The van der Waals surface area contributed by atoms with Crippen molar-refractivity contribution in [3.8, 4) is 0 Å². The number of hydrogen-bond acceptors (Lipinski definition) is 2. The molecule has 1 aromatic carbocycles. The van der Waals surface area contributed by atoms with Crippen LogP contribution in [0.4, 0.5) is 10.5 Å². The van der Waals surface area contributed by atoms with Crippen molar-refractivity contribution in [3.63, 3.8) is 0 Å². The predicted molar refractivity (Wildman–Crippen MR) is 71.8 cm³/mol. The molecule has 98 valence electrons. The molecular weight excluding hydrogens is 252 g/mol. The van der Waals surface area contributed by atoms with Crippen LogP contribution in [0.5, 0.6) is 0 Å². The van der Waals surface area contributed by atoms with Crippen LogP contribution in [0, 0.1) is 5.92 Å². The summed E-state index contributed by atoms with van der Waals surface area (Å²) >= 11 is 5.78. The summed E-state index contributed by atoms with van der Waals surface area (Å²) in [6.45, 7) is 2.75. The Morgan fingerprint density at radius 1 is 1.50 bits per heavy atom. The summed E-state index contributed by atoms with van der Waals surface area (Å²) in [4.78, 5) is 13.8. The number of benzene rings is 1. The second-order valence-corrected chi connectivity index (χ2v) is 5.08. The zero-order valence-electron chi connectivity index (χ0n) is 10.3. The van der Waals surface area contributed by atoms with Gasteiger partial charge in [-0.25, -0.2) is 4.79 Å². The molecule has 0 saturated carbocycles. The third kappa shape index (κ3) is 2.76. The largest absolute Gasteiger partial charge is 0.394 e. The molecule has 4 nitrogen and oxygen atoms in total. The first-order valence-electron chi connectivity index (χ1n) is 6.06. The maximum atomic E-state index is 12.1. The van der Waals surface area contributed by atoms with Gasteiger partial charge in [-0.3, -0.25) is 0 Å². The highest BCUT2D eigenvalue weighted by Gasteiger charge is 2.33. The number of urea groups is 1. The molecule has 2 rings (SSSR count). The average Bonchev–Trinajstić information content (AvgIpc) is 2.73. The lowest BCUT2D eigenvalue weighted by Gasteiger charge is -2.25. The van der Waals surface area contributed by atoms with Crippen LogP contribution in [0.15, 0.2) is 24.3 Å². The SMILES string of the molecule is CC1CCN(C(=O)Nc2ccc(Cl)cc2)C1CO. The molecule has 0 spiro atoms. The van der Waals surface area contributed by atoms with Gasteiger partial charge in [0.15, 0.2) is 0 Å². The smallest absolute Gasteiger partial charge is 0.322 e. The monoisotopic (exact) mass is 268 g/mol. The van der Waals surface area contributed by atoms with Crippen LogP contribution < -0.4 is 5.32 Å². The van der Waals surface area contributed by atoms with E-state index in [4.69, 9.17) is 11.6 Å². The van der Waals surface area contributed by atoms with Crippen LogP contribution >= 0.6 is 11.6 Å². The average molecular weight is 269 g/mol. The fraction of sp³-hybridized carbons (Fsp3) is 0.462. The summed E-state index contributed by atoms with van der Waals surface area (Å²) in [5.41, 5.74) is 0.709. The molecule has 1 saturated heterocycles. The van der Waals surface area contributed by atoms with E-state index in [1.54, 1.807) is 29.2 Å². The number of nitrogens with one attached hydrogen (secondary N) is 1. The van der Waals surface area contributed by atoms with Crippen molar-refractivity contribution in [2.45, 2.75) is 19.4 Å². The molecule has 1 aromatic rings. The van der Waals surface area contributed by atoms with Crippen molar-refractivity contribution >= 4 is 23.3 Å². The molecule has 0 radical (unpaired) electrons. The van der Waals surface area contributed by atoms with Gasteiger partial charge in [0.25, 0.3) is 0 Å². The molecule has 2 amide bonds. The summed E-state index contributed by atoms with van der Waals surface area (Å²) in [7, 11) is 0. The lowest BCUT2D eigenvalue weighted by Crippen LogP contribution is -2.42. The number of hydrogen-bond donors (Lipinski definition) is 2. The third-order valence-electron chi connectivity index (χ3n) is 3.43. The van der Waals surface area contributed by atoms with Crippen LogP contribution in [0.1, 0.15) is 13.3 Å². The number of aliphatic hydroxyl groups excluding tert-OH is 1. The van der Waals surface area contributed by atoms with E-state index in [1.807, 2.05) is 0 Å². The standard InChI is InChI=1S/C13H17ClN2O2/c1-9-6-7-16(12(9)8-17)13(18)15-11-4-2-10(14)3-5-11/h2-5,9,12,17H,6-8H2,1H3,(H,15,18). The second-order valence-electron chi connectivity index (χ2n) is 4.65. The van der Waals surface area contributed by atoms with Crippen LogP contribution in [0.25, 0.3) is 0 Å². The number of amides is 2. The van der Waals surface area contributed by atoms with Gasteiger partial charge in [0.1, 0.15) is 0 Å². The van der Waals surface area contributed by atoms with E-state index >= 15 is 0 Å². The Balaban J connectivity index is 2.01. The highest BCUT2D eigenvalue weighted by Crippen LogP contribution is 2.24. The molecular formula is C13H17ClN2O2. The number of carbonyl (C=O) groups excluding carboxylic acids is 1. The highest BCUT2D eigenvalue weighted by atomic mass is 35.5. The van der Waals surface area contributed by atoms with E-state index in [0.29, 0.717) is 23.2 Å². The Morgan fingerprint density at radius 2 is 2.17 bits per heavy atom. The Hall–Kier alpha value is -1.26. The van der Waals surface area contributed by atoms with Crippen molar-refractivity contribution in [1.29, 1.82) is 0 Å². The van der Waals surface area contributed by atoms with Gasteiger partial charge >= 0.3 is 6.03 Å². The topological polar surface area (TPSA) is 52.6 Å². The number of carbonyl (C=O) groups is 1. The van der Waals surface area contributed by atoms with Gasteiger partial charge in [-0.2, -0.15) is 0 Å². The molecule has 2 unspecified atom stereocenters. The van der Waals surface area contributed by atoms with E-state index in [1.165, 1.54) is 0 Å². The van der Waals surface area contributed by atoms with Crippen molar-refractivity contribution in [1.82, 2.24) is 4.90 Å². The Labute approximate surface area is 112 Å². The molecule has 0 aromatic heterocycles. The second kappa shape index (κ2) is 5.59. The first-order chi connectivity index (χ1) is 8.61. The minimum Gasteiger partial charge on any atom is -0.394 e. The van der Waals surface area contributed by atoms with Crippen LogP contribution in [-0.2, 0) is 0 Å². The summed E-state index contributed by atoms with van der Waals surface area (Å²) in [5, 5.41) is 12.8. The van der Waals surface area contributed by atoms with E-state index in [9.17, 15) is 9.90 Å². The number of aliphatic hydroxyl groups is 1. The number of nitrogens with zero attached hydrogens (tertiary/aromatic N) is 1. The number of halogens is 1. The first-order valence-corrected chi connectivity index (χ1v) is 6.43. The zero-order chi connectivity index (χ0) is 13.1. The third-order valence-corrected chi connectivity index (χ3v) is 3.68. The summed E-state index contributed by atoms with van der Waals surface area (Å²) < 4.78 is 0. The van der Waals surface area contributed by atoms with E-state index in [-0.39, 0.29) is 18.7 Å². The molecule has 1 heterocycles. The summed E-state index contributed by atoms with van der Waals surface area (Å²) in [6, 6.07) is 6.72. The minimum atomic E-state index is -0.166. The van der Waals surface area contributed by atoms with Gasteiger partial charge in [-0.15, -0.1) is 0 Å². The number of rotatable bonds is 2. The van der Waals surface area contributed by atoms with Crippen LogP contribution in [-0.4, -0.2) is 35.2 Å². The molecule has 2 N–H and O–H groups in total. The molecule has 2 atom stereocenters. The Morgan fingerprint density at radius 3 is 2.78 bits per heavy atom. The molecule has 1 fully saturated rings. The molecule has 1 aliphatic heterocycles. The normalized spacial score (nSPS) is 23.2. The molecule has 0 aliphatic carbocycles. The van der Waals surface area contributed by atoms with Crippen molar-refractivity contribution in [2.24, 2.45) is 5.92 Å². The predicted octanol–water partition coefficient (Wildman–Crippen LogP) is 2.57. The summed E-state index contributed by atoms with van der Waals surface area (Å²) in [5.74, 6) is 0.339. The number of likely N-dealkylation sites (tertiary alicyclic amines) is 1. The highest BCUT2D eigenvalue weighted by molar-refractivity contribution is 6.30. The van der Waals surface area contributed by atoms with E-state index in [2.05, 4.69) is 12.2 Å². The van der Waals surface area contributed by atoms with Gasteiger partial charge in [0.2, 0.25) is 0 Å². The molecule has 18 heavy (non-hydrogen) atoms. The maximum absolute atomic E-state index is 12.1. The van der Waals surface area contributed by atoms with E-state index in [0.717, 1.165) is 6.42 Å². The van der Waals surface area contributed by atoms with E-state index < -0.39 is 0 Å². The Kier molecular flexibility index (Phi) is 4.09. The van der Waals surface area contributed by atoms with Crippen LogP contribution in [0.3, 0.4) is 0 Å². The van der Waals surface area contributed by atoms with Crippen LogP contribution in [0.2, 0.25) is 5.02 Å². The Bertz CT molecular complexity index is 422. The molecule has 0 bridgehead atoms. The van der Waals surface area contributed by atoms with Gasteiger partial charge in [0, 0.05) is 17.3 Å². The number of anilines is 1. The summed E-state index contributed by atoms with van der Waals surface area (Å²) in [6.07, 6.45) is 0.930. The van der Waals surface area contributed by atoms with Gasteiger partial charge in [-0.1, -0.05) is 18.5 Å². The van der Waals surface area contributed by atoms with Gasteiger partial charge < -0.3 is 15.3 Å². The zero-order valence-corrected chi connectivity index (χ0v) is 11.0. The fourth-order valence-corrected chi connectivity index (χ4v) is 2.39. The molecule has 1 aliphatic rings. The lowest BCUT2D eigenvalue weighted by atomic mass is 10.0. The molecule has 5 heteroatoms. The van der Waals surface area contributed by atoms with Crippen molar-refractivity contribution < 1.29 is 9.90 Å². The maximum Gasteiger partial charge on any atom is 0.322 e. The lowest BCUT2D eigenvalue weighted by molar-refractivity contribution is 0.152. The minimum absolute atomic E-state index is 0.00913. The van der Waals surface area contributed by atoms with Gasteiger partial charge in [0.05, 0.1) is 12.6 Å². The fourth-order valence-electron chi connectivity index (χ4n) is 2.27. The van der Waals surface area contributed by atoms with Crippen molar-refractivity contribution in [2.75, 3.05) is 18.5 Å². The first kappa shape index (κ1) is 13.2. The van der Waals surface area contributed by atoms with Crippen molar-refractivity contribution in [3.05, 3.63) is 29.3 Å². The van der Waals surface area contributed by atoms with Gasteiger partial charge in [-0.05, 0) is 36.6 Å².